The van der Waals surface area contributed by atoms with E-state index in [2.05, 4.69) is 39.8 Å². The van der Waals surface area contributed by atoms with Crippen LogP contribution in [0.15, 0.2) is 152 Å². The third-order valence-electron chi connectivity index (χ3n) is 13.3. The number of phosphoric acid groups is 1. The van der Waals surface area contributed by atoms with Crippen molar-refractivity contribution < 1.29 is 56.4 Å². The predicted octanol–water partition coefficient (Wildman–Crippen LogP) is 11.2. The van der Waals surface area contributed by atoms with Gasteiger partial charge in [0.05, 0.1) is 51.8 Å². The molecule has 69 heavy (non-hydrogen) atoms. The van der Waals surface area contributed by atoms with Gasteiger partial charge in [0.15, 0.2) is 12.6 Å². The summed E-state index contributed by atoms with van der Waals surface area (Å²) in [6, 6.07) is 49.0. The van der Waals surface area contributed by atoms with Gasteiger partial charge in [-0.3, -0.25) is 13.6 Å². The van der Waals surface area contributed by atoms with E-state index in [0.717, 1.165) is 27.8 Å². The number of ether oxygens (including phenoxy) is 7. The Morgan fingerprint density at radius 2 is 0.841 bits per heavy atom. The van der Waals surface area contributed by atoms with Crippen molar-refractivity contribution in [2.75, 3.05) is 27.4 Å². The zero-order chi connectivity index (χ0) is 49.0. The van der Waals surface area contributed by atoms with Crippen LogP contribution in [-0.2, 0) is 84.3 Å². The standard InChI is InChI=1S/C38H45O8P.C18H28O4/c1-29-30(2)37(42-25-32-18-10-5-11-19-32)38(40-3)46-36(29)35(41-24-31-16-8-4-9-17-31)28-45-47(39,43-26-33-20-12-6-13-21-33)44-27-34-22-14-7-15-23-34;1-12(10-19)16-13(2)14(3)17(18(20-4)22-16)21-11-15-8-6-5-7-9-15/h4-23,29-30,35-38H,24-28H2,1-3H3;5-9,12-14,16-19H,10-11H2,1-4H3/t29-,30?,35+,36?,37-,38-;12-,13+,14?,16?,17+,18+/m01/s1. The van der Waals surface area contributed by atoms with Crippen LogP contribution in [0.1, 0.15) is 62.4 Å². The Balaban J connectivity index is 0.000000297. The van der Waals surface area contributed by atoms with Gasteiger partial charge in [-0.05, 0) is 51.5 Å². The molecule has 1 N–H and O–H groups in total. The van der Waals surface area contributed by atoms with Gasteiger partial charge in [-0.25, -0.2) is 4.57 Å². The third-order valence-corrected chi connectivity index (χ3v) is 14.6. The molecular weight excluding hydrogens is 896 g/mol. The molecule has 0 spiro atoms. The summed E-state index contributed by atoms with van der Waals surface area (Å²) in [7, 11) is -0.797. The second-order valence-electron chi connectivity index (χ2n) is 18.1. The molecule has 13 heteroatoms. The highest BCUT2D eigenvalue weighted by atomic mass is 31.2. The molecule has 2 saturated heterocycles. The molecule has 374 valence electrons. The van der Waals surface area contributed by atoms with Crippen molar-refractivity contribution in [3.05, 3.63) is 179 Å². The maximum Gasteiger partial charge on any atom is 0.475 e. The second-order valence-corrected chi connectivity index (χ2v) is 19.8. The fourth-order valence-corrected chi connectivity index (χ4v) is 9.88. The number of benzene rings is 5. The summed E-state index contributed by atoms with van der Waals surface area (Å²) >= 11 is 0. The van der Waals surface area contributed by atoms with E-state index in [4.69, 9.17) is 46.7 Å². The molecule has 0 bridgehead atoms. The number of methoxy groups -OCH3 is 2. The van der Waals surface area contributed by atoms with E-state index in [-0.39, 0.29) is 62.5 Å². The minimum atomic E-state index is -4.06. The molecule has 2 aliphatic rings. The Morgan fingerprint density at radius 3 is 1.22 bits per heavy atom. The van der Waals surface area contributed by atoms with E-state index in [9.17, 15) is 9.67 Å². The Morgan fingerprint density at radius 1 is 0.493 bits per heavy atom. The summed E-state index contributed by atoms with van der Waals surface area (Å²) in [5, 5.41) is 9.42. The van der Waals surface area contributed by atoms with Crippen LogP contribution >= 0.6 is 7.82 Å². The number of aliphatic hydroxyl groups is 1. The summed E-state index contributed by atoms with van der Waals surface area (Å²) in [5.74, 6) is 0.697. The molecule has 2 heterocycles. The van der Waals surface area contributed by atoms with Crippen molar-refractivity contribution in [3.8, 4) is 0 Å². The summed E-state index contributed by atoms with van der Waals surface area (Å²) in [6.45, 7) is 12.0. The van der Waals surface area contributed by atoms with Crippen LogP contribution in [0.5, 0.6) is 0 Å². The fraction of sp³-hybridized carbons (Fsp3) is 0.464. The van der Waals surface area contributed by atoms with Gasteiger partial charge in [0.1, 0.15) is 18.3 Å². The van der Waals surface area contributed by atoms with Crippen LogP contribution in [0.4, 0.5) is 0 Å². The lowest BCUT2D eigenvalue weighted by molar-refractivity contribution is -0.294. The average molecular weight is 969 g/mol. The normalized spacial score (nSPS) is 25.8. The summed E-state index contributed by atoms with van der Waals surface area (Å²) in [6.07, 6.45) is -2.57. The van der Waals surface area contributed by atoms with E-state index in [0.29, 0.717) is 31.7 Å². The average Bonchev–Trinajstić information content (AvgIpc) is 3.40. The highest BCUT2D eigenvalue weighted by molar-refractivity contribution is 7.48. The maximum atomic E-state index is 14.2. The number of phosphoric ester groups is 1. The Labute approximate surface area is 410 Å². The van der Waals surface area contributed by atoms with Gasteiger partial charge < -0.3 is 38.3 Å². The third kappa shape index (κ3) is 16.2. The molecule has 4 unspecified atom stereocenters. The molecule has 0 aliphatic carbocycles. The summed E-state index contributed by atoms with van der Waals surface area (Å²) in [5.41, 5.74) is 4.90. The van der Waals surface area contributed by atoms with E-state index >= 15 is 0 Å². The molecule has 2 aliphatic heterocycles. The van der Waals surface area contributed by atoms with E-state index in [1.807, 2.05) is 146 Å². The van der Waals surface area contributed by atoms with Crippen LogP contribution in [-0.4, -0.2) is 75.6 Å². The minimum absolute atomic E-state index is 0.0125. The van der Waals surface area contributed by atoms with Gasteiger partial charge in [0.25, 0.3) is 0 Å². The van der Waals surface area contributed by atoms with Crippen LogP contribution < -0.4 is 0 Å². The van der Waals surface area contributed by atoms with Crippen molar-refractivity contribution in [1.29, 1.82) is 0 Å². The van der Waals surface area contributed by atoms with Crippen LogP contribution in [0.25, 0.3) is 0 Å². The molecule has 12 atom stereocenters. The lowest BCUT2D eigenvalue weighted by atomic mass is 9.79. The first-order valence-electron chi connectivity index (χ1n) is 24.1. The summed E-state index contributed by atoms with van der Waals surface area (Å²) < 4.78 is 75.0. The zero-order valence-electron chi connectivity index (χ0n) is 41.2. The first kappa shape index (κ1) is 54.2. The van der Waals surface area contributed by atoms with Crippen molar-refractivity contribution in [2.24, 2.45) is 29.6 Å². The Bertz CT molecular complexity index is 2140. The quantitative estimate of drug-likeness (QED) is 0.0626. The highest BCUT2D eigenvalue weighted by Gasteiger charge is 2.47. The molecule has 5 aromatic rings. The van der Waals surface area contributed by atoms with E-state index < -0.39 is 32.6 Å². The molecule has 7 rings (SSSR count). The van der Waals surface area contributed by atoms with Crippen molar-refractivity contribution in [1.82, 2.24) is 0 Å². The topological polar surface area (TPSA) is 130 Å². The summed E-state index contributed by atoms with van der Waals surface area (Å²) in [4.78, 5) is 0. The van der Waals surface area contributed by atoms with Gasteiger partial charge in [0, 0.05) is 26.7 Å². The van der Waals surface area contributed by atoms with Crippen LogP contribution in [0, 0.1) is 29.6 Å². The number of hydrogen-bond donors (Lipinski definition) is 1. The molecular formula is C56H73O12P. The molecule has 0 amide bonds. The molecule has 0 saturated carbocycles. The van der Waals surface area contributed by atoms with Crippen LogP contribution in [0.3, 0.4) is 0 Å². The van der Waals surface area contributed by atoms with Gasteiger partial charge in [-0.2, -0.15) is 0 Å². The van der Waals surface area contributed by atoms with Crippen molar-refractivity contribution in [3.63, 3.8) is 0 Å². The number of rotatable bonds is 23. The zero-order valence-corrected chi connectivity index (χ0v) is 42.1. The SMILES string of the molecule is CO[C@H]1OC([C@@H](COP(=O)(OCc2ccccc2)OCc2ccccc2)OCc2ccccc2)[C@@H](C)C(C)[C@@H]1OCc1ccccc1.CO[C@H]1OC([C@H](C)CO)[C@@H](C)C(C)[C@@H]1OCc1ccccc1. The van der Waals surface area contributed by atoms with Crippen LogP contribution in [0.2, 0.25) is 0 Å². The Kier molecular flexibility index (Phi) is 22.1. The van der Waals surface area contributed by atoms with E-state index in [1.54, 1.807) is 14.2 Å². The Hall–Kier alpha value is -4.11. The van der Waals surface area contributed by atoms with Gasteiger partial charge in [-0.15, -0.1) is 0 Å². The first-order chi connectivity index (χ1) is 33.5. The predicted molar refractivity (Wildman–Crippen MR) is 265 cm³/mol. The molecule has 5 aromatic carbocycles. The van der Waals surface area contributed by atoms with Crippen molar-refractivity contribution >= 4 is 7.82 Å². The monoisotopic (exact) mass is 968 g/mol. The minimum Gasteiger partial charge on any atom is -0.396 e. The number of aliphatic hydroxyl groups excluding tert-OH is 1. The molecule has 0 radical (unpaired) electrons. The fourth-order valence-electron chi connectivity index (χ4n) is 8.71. The molecule has 0 aromatic heterocycles. The molecule has 12 nitrogen and oxygen atoms in total. The number of hydrogen-bond acceptors (Lipinski definition) is 12. The van der Waals surface area contributed by atoms with Crippen molar-refractivity contribution in [2.45, 2.75) is 111 Å². The van der Waals surface area contributed by atoms with Gasteiger partial charge in [0.2, 0.25) is 0 Å². The lowest BCUT2D eigenvalue weighted by Crippen LogP contribution is -2.55. The maximum absolute atomic E-state index is 14.2. The first-order valence-corrected chi connectivity index (χ1v) is 25.5. The lowest BCUT2D eigenvalue weighted by Gasteiger charge is -2.46. The largest absolute Gasteiger partial charge is 0.475 e. The van der Waals surface area contributed by atoms with E-state index in [1.165, 1.54) is 0 Å². The smallest absolute Gasteiger partial charge is 0.396 e. The second kappa shape index (κ2) is 28.1. The molecule has 2 fully saturated rings. The van der Waals surface area contributed by atoms with Gasteiger partial charge >= 0.3 is 7.82 Å². The van der Waals surface area contributed by atoms with Gasteiger partial charge in [-0.1, -0.05) is 186 Å². The highest BCUT2D eigenvalue weighted by Crippen LogP contribution is 2.51.